The molecular weight excluding hydrogens is 913 g/mol. The van der Waals surface area contributed by atoms with Crippen LogP contribution in [0.1, 0.15) is 120 Å². The summed E-state index contributed by atoms with van der Waals surface area (Å²) >= 11 is 0. The van der Waals surface area contributed by atoms with E-state index in [4.69, 9.17) is 69.5 Å². The monoisotopic (exact) mass is 1030 g/mol. The molecule has 1 aromatic rings. The van der Waals surface area contributed by atoms with Crippen molar-refractivity contribution in [3.05, 3.63) is 178 Å². The minimum atomic E-state index is -0.431. The van der Waals surface area contributed by atoms with E-state index in [1.54, 1.807) is 32.1 Å². The minimum absolute atomic E-state index is 0.194. The van der Waals surface area contributed by atoms with E-state index in [1.807, 2.05) is 133 Å². The van der Waals surface area contributed by atoms with E-state index in [2.05, 4.69) is 95.5 Å². The van der Waals surface area contributed by atoms with Gasteiger partial charge in [0.25, 0.3) is 0 Å². The van der Waals surface area contributed by atoms with Gasteiger partial charge in [0.2, 0.25) is 0 Å². The molecule has 0 saturated heterocycles. The van der Waals surface area contributed by atoms with Crippen LogP contribution in [0, 0.1) is 24.7 Å². The predicted molar refractivity (Wildman–Crippen MR) is 345 cm³/mol. The molecule has 1 aromatic carbocycles. The van der Waals surface area contributed by atoms with Gasteiger partial charge in [0, 0.05) is 56.9 Å². The van der Waals surface area contributed by atoms with E-state index in [-0.39, 0.29) is 11.6 Å². The van der Waals surface area contributed by atoms with Crippen molar-refractivity contribution in [2.75, 3.05) is 45.8 Å². The number of unbranched alkanes of at least 4 members (excludes halogenated alkanes) is 1. The van der Waals surface area contributed by atoms with E-state index >= 15 is 0 Å². The largest absolute Gasteiger partial charge is 0.405 e. The van der Waals surface area contributed by atoms with Gasteiger partial charge >= 0.3 is 0 Å². The van der Waals surface area contributed by atoms with Crippen LogP contribution >= 0.6 is 0 Å². The highest BCUT2D eigenvalue weighted by Gasteiger charge is 2.01. The number of hydrogen-bond acceptors (Lipinski definition) is 12. The molecule has 0 amide bonds. The van der Waals surface area contributed by atoms with Crippen LogP contribution in [0.3, 0.4) is 0 Å². The second-order valence-corrected chi connectivity index (χ2v) is 15.8. The predicted octanol–water partition coefficient (Wildman–Crippen LogP) is 9.69. The molecule has 24 N–H and O–H groups in total. The smallest absolute Gasteiger partial charge is 0.0716 e. The van der Waals surface area contributed by atoms with Gasteiger partial charge in [-0.05, 0) is 99.3 Å². The van der Waals surface area contributed by atoms with Gasteiger partial charge in [-0.1, -0.05) is 178 Å². The summed E-state index contributed by atoms with van der Waals surface area (Å²) in [5, 5.41) is 0. The molecule has 1 aliphatic rings. The molecule has 1 aliphatic carbocycles. The Balaban J connectivity index is -0.0000000655. The topological polar surface area (TPSA) is 312 Å². The van der Waals surface area contributed by atoms with Crippen molar-refractivity contribution < 1.29 is 0 Å². The normalized spacial score (nSPS) is 11.6. The molecule has 0 bridgehead atoms. The van der Waals surface area contributed by atoms with Crippen molar-refractivity contribution in [1.29, 1.82) is 0 Å². The van der Waals surface area contributed by atoms with Crippen molar-refractivity contribution in [1.82, 2.24) is 0 Å². The fourth-order valence-electron chi connectivity index (χ4n) is 3.08. The summed E-state index contributed by atoms with van der Waals surface area (Å²) in [6.07, 6.45) is 50.1. The first-order chi connectivity index (χ1) is 35.0. The van der Waals surface area contributed by atoms with Gasteiger partial charge in [0.05, 0.1) is 12.1 Å². The molecule has 2 rings (SSSR count). The van der Waals surface area contributed by atoms with E-state index in [1.165, 1.54) is 43.0 Å². The van der Waals surface area contributed by atoms with E-state index < -0.39 is 5.54 Å². The first-order valence-electron chi connectivity index (χ1n) is 25.2. The number of hydrogen-bond donors (Lipinski definition) is 12. The molecule has 0 fully saturated rings. The SMILES string of the molecule is C#CC(C)(C)N.C#CCN.C/C=C/C=C/CN.C/C=C/CN.C=C.C=CC(C)(C)N.C=CC(N)CCC.C=CCN.C=CN.CC(C)=CCN.CCC/C=C/CN.NC/C=C/c1ccccc1.NC1C=CCCC1. The third-order valence-corrected chi connectivity index (χ3v) is 6.88. The fourth-order valence-corrected chi connectivity index (χ4v) is 3.08. The molecule has 0 saturated carbocycles. The second-order valence-electron chi connectivity index (χ2n) is 15.8. The van der Waals surface area contributed by atoms with Crippen molar-refractivity contribution >= 4 is 6.08 Å². The van der Waals surface area contributed by atoms with Crippen LogP contribution in [0.5, 0.6) is 0 Å². The van der Waals surface area contributed by atoms with Crippen LogP contribution in [-0.4, -0.2) is 69.0 Å². The molecular formula is C62H120N12. The van der Waals surface area contributed by atoms with Gasteiger partial charge in [0.15, 0.2) is 0 Å². The lowest BCUT2D eigenvalue weighted by molar-refractivity contribution is 0.645. The molecule has 2 atom stereocenters. The molecule has 12 nitrogen and oxygen atoms in total. The molecule has 12 heteroatoms. The lowest BCUT2D eigenvalue weighted by Gasteiger charge is -2.08. The molecule has 0 heterocycles. The standard InChI is InChI=1S/C9H11N.C6H11N.2C6H13N.C6H11N.2C5H11N.C5H9N.C4H9N.C3H7N.C3H5N.C2H5N.C2H4/c10-8-4-7-9-5-2-1-3-6-9;7-6-4-2-1-3-5-6;1-3-5-6(7)4-2;2*1-2-3-4-5-6-7;1-5(2)3-4-6;2*1-4-5(2,3)6;1-2-3-4-5;2*1-2-3-4;1-2-3;1-2/h1-7H,8,10H2;2,4,6H,1,3,5,7H2;4,6H,2-3,5,7H2,1H3;4-5H,2-3,6-7H2,1H3;2-5H,6-7H2,1H3;3H,4,6H2,1-2H3;4H,1,6H2,2-3H3;1H,6H2,2-3H3;2-3H,4-5H2,1H3;2H,1,3-4H2;1H,3-4H2;2H,1,3H2;1-2H2/b7-4+;;;5-4+;3-2+,5-4+;;;;3-2+;;;;. The second kappa shape index (κ2) is 93.6. The summed E-state index contributed by atoms with van der Waals surface area (Å²) in [6, 6.07) is 10.7. The minimum Gasteiger partial charge on any atom is -0.405 e. The molecule has 0 radical (unpaired) electrons. The summed E-state index contributed by atoms with van der Waals surface area (Å²) in [4.78, 5) is 0. The van der Waals surface area contributed by atoms with E-state index in [9.17, 15) is 0 Å². The first kappa shape index (κ1) is 94.5. The highest BCUT2D eigenvalue weighted by Crippen LogP contribution is 2.07. The third kappa shape index (κ3) is 174. The zero-order chi connectivity index (χ0) is 60.2. The van der Waals surface area contributed by atoms with Gasteiger partial charge in [-0.25, -0.2) is 0 Å². The van der Waals surface area contributed by atoms with Gasteiger partial charge in [0.1, 0.15) is 0 Å². The maximum Gasteiger partial charge on any atom is 0.0716 e. The Morgan fingerprint density at radius 1 is 0.743 bits per heavy atom. The van der Waals surface area contributed by atoms with Gasteiger partial charge in [-0.15, -0.1) is 45.7 Å². The van der Waals surface area contributed by atoms with E-state index in [0.29, 0.717) is 51.9 Å². The highest BCUT2D eigenvalue weighted by molar-refractivity contribution is 5.48. The maximum absolute atomic E-state index is 5.55. The molecule has 0 aliphatic heterocycles. The molecule has 2 unspecified atom stereocenters. The average molecular weight is 1030 g/mol. The van der Waals surface area contributed by atoms with Crippen molar-refractivity contribution in [3.8, 4) is 24.7 Å². The van der Waals surface area contributed by atoms with Crippen LogP contribution in [0.15, 0.2) is 173 Å². The number of allylic oxidation sites excluding steroid dienone is 7. The van der Waals surface area contributed by atoms with Crippen LogP contribution in [0.25, 0.3) is 6.08 Å². The number of benzene rings is 1. The Labute approximate surface area is 459 Å². The molecule has 428 valence electrons. The van der Waals surface area contributed by atoms with Gasteiger partial charge < -0.3 is 68.8 Å². The van der Waals surface area contributed by atoms with Crippen molar-refractivity contribution in [3.63, 3.8) is 0 Å². The molecule has 0 spiro atoms. The summed E-state index contributed by atoms with van der Waals surface area (Å²) in [5.74, 6) is 4.59. The maximum atomic E-state index is 5.55. The molecule has 0 aromatic heterocycles. The summed E-state index contributed by atoms with van der Waals surface area (Å²) in [7, 11) is 0. The zero-order valence-corrected chi connectivity index (χ0v) is 49.1. The zero-order valence-electron chi connectivity index (χ0n) is 49.1. The highest BCUT2D eigenvalue weighted by atomic mass is 14.7. The van der Waals surface area contributed by atoms with Crippen molar-refractivity contribution in [2.45, 2.75) is 137 Å². The van der Waals surface area contributed by atoms with Crippen LogP contribution in [0.4, 0.5) is 0 Å². The quantitative estimate of drug-likeness (QED) is 0.0471. The van der Waals surface area contributed by atoms with Crippen LogP contribution in [-0.2, 0) is 0 Å². The Hall–Kier alpha value is -5.42. The van der Waals surface area contributed by atoms with Crippen LogP contribution < -0.4 is 68.8 Å². The Morgan fingerprint density at radius 3 is 1.41 bits per heavy atom. The van der Waals surface area contributed by atoms with Crippen LogP contribution in [0.2, 0.25) is 0 Å². The Morgan fingerprint density at radius 2 is 1.20 bits per heavy atom. The average Bonchev–Trinajstić information content (AvgIpc) is 3.39. The summed E-state index contributed by atoms with van der Waals surface area (Å²) < 4.78 is 0. The number of rotatable bonds is 14. The fraction of sp³-hybridized carbons (Fsp3) is 0.452. The lowest BCUT2D eigenvalue weighted by Crippen LogP contribution is -2.28. The first-order valence-corrected chi connectivity index (χ1v) is 25.2. The summed E-state index contributed by atoms with van der Waals surface area (Å²) in [5.41, 5.74) is 63.7. The Bertz CT molecular complexity index is 1490. The number of terminal acetylenes is 2. The van der Waals surface area contributed by atoms with Gasteiger partial charge in [-0.3, -0.25) is 0 Å². The lowest BCUT2D eigenvalue weighted by atomic mass is 10.0. The Kier molecular flexibility index (Phi) is 119. The van der Waals surface area contributed by atoms with E-state index in [0.717, 1.165) is 19.3 Å². The van der Waals surface area contributed by atoms with Gasteiger partial charge in [-0.2, -0.15) is 0 Å². The molecule has 74 heavy (non-hydrogen) atoms. The third-order valence-electron chi connectivity index (χ3n) is 6.88. The summed E-state index contributed by atoms with van der Waals surface area (Å²) in [6.45, 7) is 43.4. The number of nitrogens with two attached hydrogens (primary N) is 12. The van der Waals surface area contributed by atoms with Crippen molar-refractivity contribution in [2.24, 2.45) is 68.8 Å².